The molecule has 0 aromatic carbocycles. The zero-order chi connectivity index (χ0) is 10.7. The SMILES string of the molecule is CC1(CNC(=O)[C@H]2CCCCN2)CCC1. The van der Waals surface area contributed by atoms with Crippen LogP contribution in [0.2, 0.25) is 0 Å². The Balaban J connectivity index is 1.71. The maximum atomic E-state index is 11.8. The molecular formula is C12H22N2O. The second-order valence-corrected chi connectivity index (χ2v) is 5.38. The van der Waals surface area contributed by atoms with Gasteiger partial charge in [0.15, 0.2) is 0 Å². The largest absolute Gasteiger partial charge is 0.354 e. The van der Waals surface area contributed by atoms with Gasteiger partial charge in [-0.3, -0.25) is 4.79 Å². The maximum Gasteiger partial charge on any atom is 0.237 e. The second-order valence-electron chi connectivity index (χ2n) is 5.38. The van der Waals surface area contributed by atoms with Crippen molar-refractivity contribution in [1.82, 2.24) is 10.6 Å². The Bertz CT molecular complexity index is 230. The minimum absolute atomic E-state index is 0.0717. The molecule has 1 saturated heterocycles. The highest BCUT2D eigenvalue weighted by Gasteiger charge is 2.32. The average molecular weight is 210 g/mol. The topological polar surface area (TPSA) is 41.1 Å². The predicted molar refractivity (Wildman–Crippen MR) is 60.6 cm³/mol. The van der Waals surface area contributed by atoms with Crippen LogP contribution in [0, 0.1) is 5.41 Å². The molecule has 0 bridgehead atoms. The molecule has 3 nitrogen and oxygen atoms in total. The van der Waals surface area contributed by atoms with Gasteiger partial charge in [0, 0.05) is 6.54 Å². The van der Waals surface area contributed by atoms with E-state index >= 15 is 0 Å². The van der Waals surface area contributed by atoms with Gasteiger partial charge in [-0.2, -0.15) is 0 Å². The minimum atomic E-state index is 0.0717. The molecule has 1 heterocycles. The summed E-state index contributed by atoms with van der Waals surface area (Å²) in [5, 5.41) is 6.37. The van der Waals surface area contributed by atoms with Crippen molar-refractivity contribution in [3.05, 3.63) is 0 Å². The summed E-state index contributed by atoms with van der Waals surface area (Å²) in [6.45, 7) is 4.13. The van der Waals surface area contributed by atoms with Crippen LogP contribution in [0.1, 0.15) is 45.4 Å². The van der Waals surface area contributed by atoms with E-state index in [4.69, 9.17) is 0 Å². The molecule has 15 heavy (non-hydrogen) atoms. The molecule has 0 aromatic rings. The van der Waals surface area contributed by atoms with Crippen LogP contribution in [0.5, 0.6) is 0 Å². The van der Waals surface area contributed by atoms with Crippen LogP contribution in [-0.2, 0) is 4.79 Å². The van der Waals surface area contributed by atoms with Gasteiger partial charge in [0.1, 0.15) is 0 Å². The Kier molecular flexibility index (Phi) is 3.29. The van der Waals surface area contributed by atoms with Crippen molar-refractivity contribution in [3.8, 4) is 0 Å². The molecule has 2 rings (SSSR count). The molecule has 1 aliphatic heterocycles. The van der Waals surface area contributed by atoms with Crippen molar-refractivity contribution in [2.45, 2.75) is 51.5 Å². The summed E-state index contributed by atoms with van der Waals surface area (Å²) in [6.07, 6.45) is 7.26. The highest BCUT2D eigenvalue weighted by atomic mass is 16.2. The van der Waals surface area contributed by atoms with Gasteiger partial charge in [-0.15, -0.1) is 0 Å². The number of carbonyl (C=O) groups is 1. The first-order chi connectivity index (χ1) is 7.20. The van der Waals surface area contributed by atoms with Gasteiger partial charge in [-0.1, -0.05) is 19.8 Å². The van der Waals surface area contributed by atoms with Crippen molar-refractivity contribution in [2.75, 3.05) is 13.1 Å². The van der Waals surface area contributed by atoms with E-state index in [9.17, 15) is 4.79 Å². The van der Waals surface area contributed by atoms with E-state index in [0.29, 0.717) is 5.41 Å². The zero-order valence-corrected chi connectivity index (χ0v) is 9.64. The van der Waals surface area contributed by atoms with E-state index in [-0.39, 0.29) is 11.9 Å². The molecule has 0 spiro atoms. The van der Waals surface area contributed by atoms with Crippen LogP contribution in [0.15, 0.2) is 0 Å². The monoisotopic (exact) mass is 210 g/mol. The first-order valence-electron chi connectivity index (χ1n) is 6.21. The number of rotatable bonds is 3. The number of nitrogens with one attached hydrogen (secondary N) is 2. The van der Waals surface area contributed by atoms with Crippen molar-refractivity contribution < 1.29 is 4.79 Å². The van der Waals surface area contributed by atoms with E-state index in [1.807, 2.05) is 0 Å². The van der Waals surface area contributed by atoms with E-state index in [2.05, 4.69) is 17.6 Å². The fourth-order valence-corrected chi connectivity index (χ4v) is 2.46. The Morgan fingerprint density at radius 2 is 2.20 bits per heavy atom. The van der Waals surface area contributed by atoms with Crippen LogP contribution in [0.4, 0.5) is 0 Å². The number of amides is 1. The zero-order valence-electron chi connectivity index (χ0n) is 9.64. The van der Waals surface area contributed by atoms with Crippen LogP contribution < -0.4 is 10.6 Å². The molecule has 1 atom stereocenters. The van der Waals surface area contributed by atoms with Crippen molar-refractivity contribution in [2.24, 2.45) is 5.41 Å². The highest BCUT2D eigenvalue weighted by molar-refractivity contribution is 5.81. The second kappa shape index (κ2) is 4.52. The van der Waals surface area contributed by atoms with Gasteiger partial charge >= 0.3 is 0 Å². The number of hydrogen-bond acceptors (Lipinski definition) is 2. The van der Waals surface area contributed by atoms with Crippen molar-refractivity contribution >= 4 is 5.91 Å². The standard InChI is InChI=1S/C12H22N2O/c1-12(6-4-7-12)9-14-11(15)10-5-2-3-8-13-10/h10,13H,2-9H2,1H3,(H,14,15)/t10-/m1/s1. The van der Waals surface area contributed by atoms with Gasteiger partial charge in [0.2, 0.25) is 5.91 Å². The van der Waals surface area contributed by atoms with E-state index in [1.54, 1.807) is 0 Å². The van der Waals surface area contributed by atoms with Crippen LogP contribution in [-0.4, -0.2) is 25.0 Å². The summed E-state index contributed by atoms with van der Waals surface area (Å²) < 4.78 is 0. The van der Waals surface area contributed by atoms with Crippen molar-refractivity contribution in [1.29, 1.82) is 0 Å². The lowest BCUT2D eigenvalue weighted by atomic mass is 9.70. The number of piperidine rings is 1. The summed E-state index contributed by atoms with van der Waals surface area (Å²) in [4.78, 5) is 11.8. The molecular weight excluding hydrogens is 188 g/mol. The Morgan fingerprint density at radius 3 is 2.73 bits per heavy atom. The number of hydrogen-bond donors (Lipinski definition) is 2. The Labute approximate surface area is 92.0 Å². The lowest BCUT2D eigenvalue weighted by Gasteiger charge is -2.38. The third kappa shape index (κ3) is 2.71. The molecule has 0 unspecified atom stereocenters. The molecule has 0 aromatic heterocycles. The third-order valence-electron chi connectivity index (χ3n) is 3.88. The lowest BCUT2D eigenvalue weighted by molar-refractivity contribution is -0.124. The van der Waals surface area contributed by atoms with Gasteiger partial charge in [-0.05, 0) is 37.6 Å². The molecule has 1 saturated carbocycles. The Morgan fingerprint density at radius 1 is 1.40 bits per heavy atom. The first kappa shape index (κ1) is 10.9. The fourth-order valence-electron chi connectivity index (χ4n) is 2.46. The molecule has 1 amide bonds. The molecule has 2 N–H and O–H groups in total. The lowest BCUT2D eigenvalue weighted by Crippen LogP contribution is -2.49. The van der Waals surface area contributed by atoms with Crippen LogP contribution >= 0.6 is 0 Å². The molecule has 86 valence electrons. The van der Waals surface area contributed by atoms with Gasteiger partial charge in [-0.25, -0.2) is 0 Å². The molecule has 2 fully saturated rings. The summed E-state index contributed by atoms with van der Waals surface area (Å²) in [7, 11) is 0. The van der Waals surface area contributed by atoms with Crippen LogP contribution in [0.25, 0.3) is 0 Å². The van der Waals surface area contributed by atoms with E-state index < -0.39 is 0 Å². The highest BCUT2D eigenvalue weighted by Crippen LogP contribution is 2.39. The molecule has 1 aliphatic carbocycles. The summed E-state index contributed by atoms with van der Waals surface area (Å²) in [5.74, 6) is 0.211. The van der Waals surface area contributed by atoms with E-state index in [1.165, 1.54) is 32.1 Å². The minimum Gasteiger partial charge on any atom is -0.354 e. The molecule has 0 radical (unpaired) electrons. The molecule has 2 aliphatic rings. The van der Waals surface area contributed by atoms with Gasteiger partial charge in [0.05, 0.1) is 6.04 Å². The van der Waals surface area contributed by atoms with Crippen LogP contribution in [0.3, 0.4) is 0 Å². The van der Waals surface area contributed by atoms with E-state index in [0.717, 1.165) is 19.5 Å². The maximum absolute atomic E-state index is 11.8. The normalized spacial score (nSPS) is 29.3. The average Bonchev–Trinajstić information content (AvgIpc) is 2.24. The first-order valence-corrected chi connectivity index (χ1v) is 6.21. The van der Waals surface area contributed by atoms with Crippen molar-refractivity contribution in [3.63, 3.8) is 0 Å². The summed E-state index contributed by atoms with van der Waals surface area (Å²) >= 11 is 0. The predicted octanol–water partition coefficient (Wildman–Crippen LogP) is 1.43. The van der Waals surface area contributed by atoms with Gasteiger partial charge < -0.3 is 10.6 Å². The van der Waals surface area contributed by atoms with Gasteiger partial charge in [0.25, 0.3) is 0 Å². The quantitative estimate of drug-likeness (QED) is 0.740. The summed E-state index contributed by atoms with van der Waals surface area (Å²) in [5.41, 5.74) is 0.393. The fraction of sp³-hybridized carbons (Fsp3) is 0.917. The molecule has 3 heteroatoms. The number of carbonyl (C=O) groups excluding carboxylic acids is 1. The summed E-state index contributed by atoms with van der Waals surface area (Å²) in [6, 6.07) is 0.0717. The third-order valence-corrected chi connectivity index (χ3v) is 3.88. The smallest absolute Gasteiger partial charge is 0.237 e. The Hall–Kier alpha value is -0.570.